The Balaban J connectivity index is 1.83. The molecular weight excluding hydrogens is 346 g/mol. The van der Waals surface area contributed by atoms with Crippen molar-refractivity contribution in [1.29, 1.82) is 0 Å². The summed E-state index contributed by atoms with van der Waals surface area (Å²) >= 11 is 1.33. The van der Waals surface area contributed by atoms with E-state index in [1.807, 2.05) is 69.4 Å². The van der Waals surface area contributed by atoms with Crippen molar-refractivity contribution in [1.82, 2.24) is 19.2 Å². The number of hydrogen-bond donors (Lipinski definition) is 0. The fraction of sp³-hybridized carbons (Fsp3) is 0.263. The van der Waals surface area contributed by atoms with E-state index in [4.69, 9.17) is 0 Å². The van der Waals surface area contributed by atoms with Crippen LogP contribution in [0, 0.1) is 0 Å². The first-order valence-electron chi connectivity index (χ1n) is 8.26. The van der Waals surface area contributed by atoms with Crippen LogP contribution in [0.5, 0.6) is 0 Å². The summed E-state index contributed by atoms with van der Waals surface area (Å²) < 4.78 is 4.32. The Morgan fingerprint density at radius 2 is 1.96 bits per heavy atom. The second kappa shape index (κ2) is 7.61. The molecule has 0 fully saturated rings. The first-order chi connectivity index (χ1) is 12.5. The third kappa shape index (κ3) is 3.72. The standard InChI is InChI=1S/C19H21N5OS/c1-13(16-9-6-10-20-12-16)24(4)18(25)15-8-5-7-14(11-15)17-21-19(22-26-17)23(2)3/h5-13H,1-4H3/t13-/m1/s1. The minimum Gasteiger partial charge on any atom is -0.346 e. The Hall–Kier alpha value is -2.80. The smallest absolute Gasteiger partial charge is 0.254 e. The Bertz CT molecular complexity index is 894. The second-order valence-electron chi connectivity index (χ2n) is 6.25. The van der Waals surface area contributed by atoms with E-state index in [-0.39, 0.29) is 11.9 Å². The number of aromatic nitrogens is 3. The van der Waals surface area contributed by atoms with Gasteiger partial charge in [-0.1, -0.05) is 18.2 Å². The summed E-state index contributed by atoms with van der Waals surface area (Å²) in [5, 5.41) is 0.798. The van der Waals surface area contributed by atoms with E-state index in [1.54, 1.807) is 17.3 Å². The van der Waals surface area contributed by atoms with Crippen LogP contribution in [0.4, 0.5) is 5.95 Å². The normalized spacial score (nSPS) is 11.8. The van der Waals surface area contributed by atoms with Crippen molar-refractivity contribution < 1.29 is 4.79 Å². The first-order valence-corrected chi connectivity index (χ1v) is 9.03. The largest absolute Gasteiger partial charge is 0.346 e. The average molecular weight is 367 g/mol. The summed E-state index contributed by atoms with van der Waals surface area (Å²) in [6, 6.07) is 11.3. The Morgan fingerprint density at radius 3 is 2.62 bits per heavy atom. The van der Waals surface area contributed by atoms with Gasteiger partial charge in [0.05, 0.1) is 6.04 Å². The van der Waals surface area contributed by atoms with Gasteiger partial charge in [0.25, 0.3) is 5.91 Å². The zero-order chi connectivity index (χ0) is 18.7. The lowest BCUT2D eigenvalue weighted by molar-refractivity contribution is 0.0742. The van der Waals surface area contributed by atoms with E-state index in [2.05, 4.69) is 14.3 Å². The summed E-state index contributed by atoms with van der Waals surface area (Å²) in [4.78, 5) is 25.1. The highest BCUT2D eigenvalue weighted by molar-refractivity contribution is 7.09. The molecular formula is C19H21N5OS. The van der Waals surface area contributed by atoms with Gasteiger partial charge in [0, 0.05) is 44.7 Å². The van der Waals surface area contributed by atoms with Crippen molar-refractivity contribution >= 4 is 23.4 Å². The maximum absolute atomic E-state index is 12.9. The highest BCUT2D eigenvalue weighted by atomic mass is 32.1. The van der Waals surface area contributed by atoms with Crippen LogP contribution in [0.3, 0.4) is 0 Å². The molecule has 0 aliphatic rings. The highest BCUT2D eigenvalue weighted by Gasteiger charge is 2.20. The van der Waals surface area contributed by atoms with E-state index < -0.39 is 0 Å². The van der Waals surface area contributed by atoms with Crippen LogP contribution in [0.1, 0.15) is 28.9 Å². The molecule has 0 N–H and O–H groups in total. The van der Waals surface area contributed by atoms with Crippen molar-refractivity contribution in [3.05, 3.63) is 59.9 Å². The van der Waals surface area contributed by atoms with E-state index in [0.29, 0.717) is 11.5 Å². The molecule has 0 saturated carbocycles. The fourth-order valence-corrected chi connectivity index (χ4v) is 3.25. The van der Waals surface area contributed by atoms with Crippen LogP contribution in [0.15, 0.2) is 48.8 Å². The molecule has 1 atom stereocenters. The zero-order valence-corrected chi connectivity index (χ0v) is 16.1. The molecule has 1 amide bonds. The summed E-state index contributed by atoms with van der Waals surface area (Å²) in [5.41, 5.74) is 2.52. The van der Waals surface area contributed by atoms with E-state index >= 15 is 0 Å². The second-order valence-corrected chi connectivity index (χ2v) is 7.00. The minimum absolute atomic E-state index is 0.0412. The SMILES string of the molecule is C[C@H](c1cccnc1)N(C)C(=O)c1cccc(-c2nc(N(C)C)ns2)c1. The van der Waals surface area contributed by atoms with Gasteiger partial charge >= 0.3 is 0 Å². The summed E-state index contributed by atoms with van der Waals surface area (Å²) in [6.07, 6.45) is 3.51. The number of carbonyl (C=O) groups is 1. The van der Waals surface area contributed by atoms with Gasteiger partial charge in [0.15, 0.2) is 0 Å². The maximum Gasteiger partial charge on any atom is 0.254 e. The predicted octanol–water partition coefficient (Wildman–Crippen LogP) is 3.50. The fourth-order valence-electron chi connectivity index (χ4n) is 2.53. The van der Waals surface area contributed by atoms with Gasteiger partial charge in [-0.3, -0.25) is 9.78 Å². The van der Waals surface area contributed by atoms with E-state index in [9.17, 15) is 4.79 Å². The molecule has 0 saturated heterocycles. The van der Waals surface area contributed by atoms with Crippen molar-refractivity contribution in [2.24, 2.45) is 0 Å². The third-order valence-electron chi connectivity index (χ3n) is 4.24. The van der Waals surface area contributed by atoms with Crippen molar-refractivity contribution in [2.45, 2.75) is 13.0 Å². The van der Waals surface area contributed by atoms with E-state index in [0.717, 1.165) is 16.1 Å². The summed E-state index contributed by atoms with van der Waals surface area (Å²) in [5.74, 6) is 0.629. The molecule has 6 nitrogen and oxygen atoms in total. The Kier molecular flexibility index (Phi) is 5.27. The number of benzene rings is 1. The quantitative estimate of drug-likeness (QED) is 0.691. The molecule has 3 rings (SSSR count). The lowest BCUT2D eigenvalue weighted by Gasteiger charge is -2.25. The molecule has 0 unspecified atom stereocenters. The summed E-state index contributed by atoms with van der Waals surface area (Å²) in [6.45, 7) is 1.99. The van der Waals surface area contributed by atoms with Crippen molar-refractivity contribution in [3.63, 3.8) is 0 Å². The molecule has 0 spiro atoms. The number of nitrogens with zero attached hydrogens (tertiary/aromatic N) is 5. The van der Waals surface area contributed by atoms with Gasteiger partial charge in [-0.05, 0) is 42.2 Å². The molecule has 2 heterocycles. The number of anilines is 1. The number of carbonyl (C=O) groups excluding carboxylic acids is 1. The first kappa shape index (κ1) is 18.0. The van der Waals surface area contributed by atoms with Crippen LogP contribution in [-0.2, 0) is 0 Å². The maximum atomic E-state index is 12.9. The summed E-state index contributed by atoms with van der Waals surface area (Å²) in [7, 11) is 5.61. The molecule has 7 heteroatoms. The van der Waals surface area contributed by atoms with Crippen molar-refractivity contribution in [2.75, 3.05) is 26.0 Å². The molecule has 0 aliphatic heterocycles. The zero-order valence-electron chi connectivity index (χ0n) is 15.2. The van der Waals surface area contributed by atoms with Crippen molar-refractivity contribution in [3.8, 4) is 10.6 Å². The van der Waals surface area contributed by atoms with Gasteiger partial charge in [0.2, 0.25) is 5.95 Å². The third-order valence-corrected chi connectivity index (χ3v) is 4.99. The number of amides is 1. The molecule has 1 aromatic carbocycles. The van der Waals surface area contributed by atoms with Gasteiger partial charge in [-0.15, -0.1) is 0 Å². The monoisotopic (exact) mass is 367 g/mol. The van der Waals surface area contributed by atoms with Crippen LogP contribution in [0.2, 0.25) is 0 Å². The molecule has 134 valence electrons. The van der Waals surface area contributed by atoms with Gasteiger partial charge in [0.1, 0.15) is 5.01 Å². The molecule has 0 bridgehead atoms. The van der Waals surface area contributed by atoms with Gasteiger partial charge < -0.3 is 9.80 Å². The lowest BCUT2D eigenvalue weighted by atomic mass is 10.1. The average Bonchev–Trinajstić information content (AvgIpc) is 3.17. The van der Waals surface area contributed by atoms with E-state index in [1.165, 1.54) is 11.5 Å². The molecule has 0 radical (unpaired) electrons. The Labute approximate surface area is 157 Å². The minimum atomic E-state index is -0.0678. The van der Waals surface area contributed by atoms with Crippen LogP contribution in [-0.4, -0.2) is 46.3 Å². The molecule has 3 aromatic rings. The number of hydrogen-bond acceptors (Lipinski definition) is 6. The van der Waals surface area contributed by atoms with Gasteiger partial charge in [-0.25, -0.2) is 0 Å². The topological polar surface area (TPSA) is 62.2 Å². The number of pyridine rings is 1. The lowest BCUT2D eigenvalue weighted by Crippen LogP contribution is -2.29. The van der Waals surface area contributed by atoms with Gasteiger partial charge in [-0.2, -0.15) is 9.36 Å². The molecule has 2 aromatic heterocycles. The molecule has 0 aliphatic carbocycles. The number of rotatable bonds is 5. The highest BCUT2D eigenvalue weighted by Crippen LogP contribution is 2.26. The van der Waals surface area contributed by atoms with Crippen LogP contribution >= 0.6 is 11.5 Å². The molecule has 26 heavy (non-hydrogen) atoms. The van der Waals surface area contributed by atoms with Crippen LogP contribution < -0.4 is 4.90 Å². The predicted molar refractivity (Wildman–Crippen MR) is 104 cm³/mol. The Morgan fingerprint density at radius 1 is 1.15 bits per heavy atom. The van der Waals surface area contributed by atoms with Crippen LogP contribution in [0.25, 0.3) is 10.6 Å².